The van der Waals surface area contributed by atoms with Crippen molar-refractivity contribution in [2.24, 2.45) is 0 Å². The predicted octanol–water partition coefficient (Wildman–Crippen LogP) is 1.53. The first kappa shape index (κ1) is 9.41. The van der Waals surface area contributed by atoms with Crippen LogP contribution in [-0.4, -0.2) is 17.6 Å². The summed E-state index contributed by atoms with van der Waals surface area (Å²) in [7, 11) is 0. The monoisotopic (exact) mass is 237 g/mol. The lowest BCUT2D eigenvalue weighted by Crippen LogP contribution is -2.15. The summed E-state index contributed by atoms with van der Waals surface area (Å²) in [6.45, 7) is 1.08. The number of fused-ring (bicyclic) bond motifs is 1. The topological polar surface area (TPSA) is 61.6 Å². The Morgan fingerprint density at radius 3 is 2.75 bits per heavy atom. The van der Waals surface area contributed by atoms with Crippen LogP contribution in [0.1, 0.15) is 0 Å². The second kappa shape index (κ2) is 3.64. The summed E-state index contributed by atoms with van der Waals surface area (Å²) in [5.74, 6) is 1.67. The second-order valence-corrected chi connectivity index (χ2v) is 3.90. The number of aromatic nitrogens is 1. The molecule has 0 atom stereocenters. The van der Waals surface area contributed by atoms with Crippen LogP contribution in [0.3, 0.4) is 0 Å². The van der Waals surface area contributed by atoms with Crippen LogP contribution in [0.2, 0.25) is 0 Å². The highest BCUT2D eigenvalue weighted by Crippen LogP contribution is 2.33. The Bertz CT molecular complexity index is 574. The van der Waals surface area contributed by atoms with Gasteiger partial charge in [0.2, 0.25) is 5.89 Å². The van der Waals surface area contributed by atoms with Crippen LogP contribution in [0.15, 0.2) is 27.4 Å². The highest BCUT2D eigenvalue weighted by atomic mass is 32.1. The van der Waals surface area contributed by atoms with E-state index in [9.17, 15) is 4.79 Å². The van der Waals surface area contributed by atoms with Crippen LogP contribution >= 0.6 is 11.5 Å². The van der Waals surface area contributed by atoms with Gasteiger partial charge in [0.05, 0.1) is 11.5 Å². The zero-order valence-corrected chi connectivity index (χ0v) is 8.95. The third-order valence-corrected chi connectivity index (χ3v) is 2.66. The van der Waals surface area contributed by atoms with Gasteiger partial charge in [-0.25, -0.2) is 4.79 Å². The average molecular weight is 237 g/mol. The van der Waals surface area contributed by atoms with Gasteiger partial charge in [-0.15, -0.1) is 4.37 Å². The Morgan fingerprint density at radius 2 is 2.00 bits per heavy atom. The molecule has 82 valence electrons. The molecular weight excluding hydrogens is 230 g/mol. The Morgan fingerprint density at radius 1 is 1.19 bits per heavy atom. The summed E-state index contributed by atoms with van der Waals surface area (Å²) < 4.78 is 19.6. The predicted molar refractivity (Wildman–Crippen MR) is 57.1 cm³/mol. The first-order valence-electron chi connectivity index (χ1n) is 4.70. The van der Waals surface area contributed by atoms with Crippen molar-refractivity contribution in [1.82, 2.24) is 4.37 Å². The van der Waals surface area contributed by atoms with Gasteiger partial charge in [-0.3, -0.25) is 0 Å². The molecule has 0 N–H and O–H groups in total. The molecule has 3 rings (SSSR count). The van der Waals surface area contributed by atoms with Crippen molar-refractivity contribution in [2.45, 2.75) is 0 Å². The van der Waals surface area contributed by atoms with Gasteiger partial charge in [0.1, 0.15) is 13.2 Å². The fraction of sp³-hybridized carbons (Fsp3) is 0.200. The van der Waals surface area contributed by atoms with E-state index in [1.54, 1.807) is 18.2 Å². The lowest BCUT2D eigenvalue weighted by atomic mass is 10.2. The van der Waals surface area contributed by atoms with Crippen LogP contribution < -0.4 is 14.4 Å². The van der Waals surface area contributed by atoms with Crippen LogP contribution in [-0.2, 0) is 0 Å². The number of ether oxygens (including phenoxy) is 2. The maximum Gasteiger partial charge on any atom is 0.414 e. The van der Waals surface area contributed by atoms with E-state index in [0.717, 1.165) is 11.5 Å². The van der Waals surface area contributed by atoms with Gasteiger partial charge in [0.25, 0.3) is 0 Å². The molecule has 2 heterocycles. The molecule has 0 amide bonds. The molecule has 0 radical (unpaired) electrons. The Kier molecular flexibility index (Phi) is 2.14. The van der Waals surface area contributed by atoms with E-state index in [-0.39, 0.29) is 0 Å². The van der Waals surface area contributed by atoms with Crippen molar-refractivity contribution in [3.05, 3.63) is 27.9 Å². The summed E-state index contributed by atoms with van der Waals surface area (Å²) in [6.07, 6.45) is 0. The molecule has 2 aromatic rings. The molecule has 0 bridgehead atoms. The first-order chi connectivity index (χ1) is 7.83. The number of benzene rings is 1. The van der Waals surface area contributed by atoms with Gasteiger partial charge in [0, 0.05) is 5.56 Å². The zero-order valence-electron chi connectivity index (χ0n) is 8.13. The van der Waals surface area contributed by atoms with Crippen molar-refractivity contribution in [3.8, 4) is 23.0 Å². The molecule has 0 fully saturated rings. The standard InChI is InChI=1S/C10H7NO4S/c12-10-15-9(11-16-10)6-1-2-7-8(5-6)14-4-3-13-7/h1-2,5H,3-4H2. The summed E-state index contributed by atoms with van der Waals surface area (Å²) in [5, 5.41) is 0. The van der Waals surface area contributed by atoms with Gasteiger partial charge in [-0.05, 0) is 18.2 Å². The molecule has 0 saturated carbocycles. The van der Waals surface area contributed by atoms with Gasteiger partial charge in [0.15, 0.2) is 11.5 Å². The van der Waals surface area contributed by atoms with E-state index < -0.39 is 4.94 Å². The van der Waals surface area contributed by atoms with Crippen molar-refractivity contribution >= 4 is 11.5 Å². The fourth-order valence-electron chi connectivity index (χ4n) is 1.48. The third-order valence-electron chi connectivity index (χ3n) is 2.17. The minimum atomic E-state index is -0.412. The number of hydrogen-bond acceptors (Lipinski definition) is 6. The number of nitrogens with zero attached hydrogens (tertiary/aromatic N) is 1. The van der Waals surface area contributed by atoms with Crippen LogP contribution in [0, 0.1) is 0 Å². The number of rotatable bonds is 1. The molecule has 0 spiro atoms. The summed E-state index contributed by atoms with van der Waals surface area (Å²) in [6, 6.07) is 5.32. The summed E-state index contributed by atoms with van der Waals surface area (Å²) in [4.78, 5) is 10.5. The molecule has 1 aromatic carbocycles. The Hall–Kier alpha value is -1.82. The quantitative estimate of drug-likeness (QED) is 0.752. The average Bonchev–Trinajstić information content (AvgIpc) is 2.75. The minimum Gasteiger partial charge on any atom is -0.486 e. The summed E-state index contributed by atoms with van der Waals surface area (Å²) in [5.41, 5.74) is 0.711. The molecule has 0 aliphatic carbocycles. The lowest BCUT2D eigenvalue weighted by molar-refractivity contribution is 0.171. The van der Waals surface area contributed by atoms with Crippen molar-refractivity contribution in [2.75, 3.05) is 13.2 Å². The van der Waals surface area contributed by atoms with Crippen LogP contribution in [0.5, 0.6) is 11.5 Å². The van der Waals surface area contributed by atoms with E-state index in [1.807, 2.05) is 0 Å². The first-order valence-corrected chi connectivity index (χ1v) is 5.47. The molecule has 1 aliphatic heterocycles. The van der Waals surface area contributed by atoms with Gasteiger partial charge in [-0.2, -0.15) is 0 Å². The van der Waals surface area contributed by atoms with E-state index in [1.165, 1.54) is 0 Å². The van der Waals surface area contributed by atoms with Gasteiger partial charge < -0.3 is 13.9 Å². The number of hydrogen-bond donors (Lipinski definition) is 0. The molecule has 16 heavy (non-hydrogen) atoms. The molecule has 0 unspecified atom stereocenters. The van der Waals surface area contributed by atoms with Crippen LogP contribution in [0.4, 0.5) is 0 Å². The lowest BCUT2D eigenvalue weighted by Gasteiger charge is -2.18. The van der Waals surface area contributed by atoms with Crippen molar-refractivity contribution < 1.29 is 13.9 Å². The summed E-state index contributed by atoms with van der Waals surface area (Å²) >= 11 is 0.792. The largest absolute Gasteiger partial charge is 0.486 e. The normalized spacial score (nSPS) is 13.8. The zero-order chi connectivity index (χ0) is 11.0. The highest BCUT2D eigenvalue weighted by molar-refractivity contribution is 7.02. The third kappa shape index (κ3) is 1.57. The van der Waals surface area contributed by atoms with Crippen molar-refractivity contribution in [1.29, 1.82) is 0 Å². The van der Waals surface area contributed by atoms with Crippen molar-refractivity contribution in [3.63, 3.8) is 0 Å². The Labute approximate surface area is 94.4 Å². The maximum absolute atomic E-state index is 10.9. The Balaban J connectivity index is 2.06. The molecule has 6 heteroatoms. The van der Waals surface area contributed by atoms with Crippen LogP contribution in [0.25, 0.3) is 11.5 Å². The van der Waals surface area contributed by atoms with E-state index in [0.29, 0.717) is 36.2 Å². The van der Waals surface area contributed by atoms with Gasteiger partial charge in [-0.1, -0.05) is 0 Å². The van der Waals surface area contributed by atoms with Gasteiger partial charge >= 0.3 is 4.94 Å². The minimum absolute atomic E-state index is 0.312. The maximum atomic E-state index is 10.9. The molecule has 5 nitrogen and oxygen atoms in total. The molecule has 1 aliphatic rings. The van der Waals surface area contributed by atoms with E-state index in [4.69, 9.17) is 13.9 Å². The fourth-order valence-corrected chi connectivity index (χ4v) is 1.90. The second-order valence-electron chi connectivity index (χ2n) is 3.20. The smallest absolute Gasteiger partial charge is 0.414 e. The highest BCUT2D eigenvalue weighted by Gasteiger charge is 2.14. The molecule has 1 aromatic heterocycles. The SMILES string of the molecule is O=c1oc(-c2ccc3c(c2)OCCO3)ns1. The van der Waals surface area contributed by atoms with E-state index in [2.05, 4.69) is 4.37 Å². The molecular formula is C10H7NO4S. The van der Waals surface area contributed by atoms with E-state index >= 15 is 0 Å². The molecule has 0 saturated heterocycles.